The van der Waals surface area contributed by atoms with Crippen LogP contribution < -0.4 is 0 Å². The standard InChI is InChI=1S/C9H9N3O/c1-2-13-7-12-9-8(6-10)4-3-5-11-9/h3-5,7H,2H2,1H3/b12-7+. The number of rotatable bonds is 3. The van der Waals surface area contributed by atoms with Gasteiger partial charge in [-0.25, -0.2) is 4.98 Å². The van der Waals surface area contributed by atoms with Gasteiger partial charge in [-0.2, -0.15) is 10.3 Å². The van der Waals surface area contributed by atoms with E-state index in [1.54, 1.807) is 18.3 Å². The van der Waals surface area contributed by atoms with Crippen LogP contribution in [0.25, 0.3) is 0 Å². The molecule has 0 bridgehead atoms. The molecule has 0 radical (unpaired) electrons. The Morgan fingerprint density at radius 3 is 3.31 bits per heavy atom. The number of hydrogen-bond acceptors (Lipinski definition) is 4. The van der Waals surface area contributed by atoms with Crippen molar-refractivity contribution in [1.29, 1.82) is 5.26 Å². The lowest BCUT2D eigenvalue weighted by Gasteiger charge is -1.94. The molecule has 4 nitrogen and oxygen atoms in total. The number of hydrogen-bond donors (Lipinski definition) is 0. The van der Waals surface area contributed by atoms with Gasteiger partial charge in [0.05, 0.1) is 12.2 Å². The summed E-state index contributed by atoms with van der Waals surface area (Å²) >= 11 is 0. The van der Waals surface area contributed by atoms with Gasteiger partial charge in [0.1, 0.15) is 6.07 Å². The fourth-order valence-corrected chi connectivity index (χ4v) is 0.749. The number of nitriles is 1. The van der Waals surface area contributed by atoms with E-state index in [2.05, 4.69) is 9.98 Å². The number of ether oxygens (including phenoxy) is 1. The first-order valence-corrected chi connectivity index (χ1v) is 3.87. The zero-order chi connectivity index (χ0) is 9.52. The molecular weight excluding hydrogens is 166 g/mol. The molecule has 0 aromatic carbocycles. The first-order chi connectivity index (χ1) is 6.38. The largest absolute Gasteiger partial charge is 0.483 e. The van der Waals surface area contributed by atoms with Gasteiger partial charge < -0.3 is 4.74 Å². The highest BCUT2D eigenvalue weighted by atomic mass is 16.5. The monoisotopic (exact) mass is 175 g/mol. The van der Waals surface area contributed by atoms with Crippen LogP contribution in [0.4, 0.5) is 5.82 Å². The lowest BCUT2D eigenvalue weighted by Crippen LogP contribution is -1.86. The first-order valence-electron chi connectivity index (χ1n) is 3.87. The van der Waals surface area contributed by atoms with Crippen LogP contribution in [-0.4, -0.2) is 18.0 Å². The van der Waals surface area contributed by atoms with Crippen LogP contribution in [0.2, 0.25) is 0 Å². The molecule has 13 heavy (non-hydrogen) atoms. The van der Waals surface area contributed by atoms with Crippen molar-refractivity contribution < 1.29 is 4.74 Å². The fourth-order valence-electron chi connectivity index (χ4n) is 0.749. The third-order valence-corrected chi connectivity index (χ3v) is 1.32. The molecule has 4 heteroatoms. The molecule has 1 aromatic heterocycles. The van der Waals surface area contributed by atoms with Crippen LogP contribution in [0.5, 0.6) is 0 Å². The van der Waals surface area contributed by atoms with Gasteiger partial charge in [-0.3, -0.25) is 0 Å². The van der Waals surface area contributed by atoms with Gasteiger partial charge in [0.2, 0.25) is 0 Å². The summed E-state index contributed by atoms with van der Waals surface area (Å²) in [6.45, 7) is 2.41. The summed E-state index contributed by atoms with van der Waals surface area (Å²) in [4.78, 5) is 7.81. The maximum Gasteiger partial charge on any atom is 0.176 e. The second-order valence-electron chi connectivity index (χ2n) is 2.18. The topological polar surface area (TPSA) is 58.3 Å². The highest BCUT2D eigenvalue weighted by Crippen LogP contribution is 2.12. The second-order valence-corrected chi connectivity index (χ2v) is 2.18. The summed E-state index contributed by atoms with van der Waals surface area (Å²) in [5, 5.41) is 8.67. The minimum absolute atomic E-state index is 0.387. The molecule has 0 amide bonds. The maximum atomic E-state index is 8.67. The number of aromatic nitrogens is 1. The fraction of sp³-hybridized carbons (Fsp3) is 0.222. The highest BCUT2D eigenvalue weighted by Gasteiger charge is 1.97. The molecular formula is C9H9N3O. The molecule has 0 saturated carbocycles. The average molecular weight is 175 g/mol. The molecule has 1 rings (SSSR count). The summed E-state index contributed by atoms with van der Waals surface area (Å²) in [5.41, 5.74) is 0.443. The third-order valence-electron chi connectivity index (χ3n) is 1.32. The van der Waals surface area contributed by atoms with Crippen molar-refractivity contribution in [2.24, 2.45) is 4.99 Å². The predicted octanol–water partition coefficient (Wildman–Crippen LogP) is 1.65. The van der Waals surface area contributed by atoms with Crippen molar-refractivity contribution in [3.05, 3.63) is 23.9 Å². The van der Waals surface area contributed by atoms with Gasteiger partial charge in [-0.1, -0.05) is 0 Å². The zero-order valence-electron chi connectivity index (χ0n) is 7.27. The number of aliphatic imine (C=N–C) groups is 1. The average Bonchev–Trinajstić information content (AvgIpc) is 2.19. The van der Waals surface area contributed by atoms with Crippen molar-refractivity contribution in [3.63, 3.8) is 0 Å². The second kappa shape index (κ2) is 4.88. The Kier molecular flexibility index (Phi) is 3.45. The van der Waals surface area contributed by atoms with E-state index in [1.165, 1.54) is 6.40 Å². The summed E-state index contributed by atoms with van der Waals surface area (Å²) in [6, 6.07) is 5.34. The molecule has 0 aliphatic carbocycles. The van der Waals surface area contributed by atoms with Gasteiger partial charge in [-0.15, -0.1) is 0 Å². The Balaban J connectivity index is 2.82. The minimum Gasteiger partial charge on any atom is -0.483 e. The van der Waals surface area contributed by atoms with Gasteiger partial charge in [0.15, 0.2) is 12.2 Å². The molecule has 0 N–H and O–H groups in total. The maximum absolute atomic E-state index is 8.67. The molecule has 66 valence electrons. The Hall–Kier alpha value is -1.89. The van der Waals surface area contributed by atoms with Crippen molar-refractivity contribution in [2.75, 3.05) is 6.61 Å². The van der Waals surface area contributed by atoms with E-state index in [1.807, 2.05) is 13.0 Å². The molecule has 0 aliphatic heterocycles. The highest BCUT2D eigenvalue weighted by molar-refractivity contribution is 5.57. The Bertz CT molecular complexity index is 341. The summed E-state index contributed by atoms with van der Waals surface area (Å²) in [5.74, 6) is 0.387. The van der Waals surface area contributed by atoms with Crippen LogP contribution in [0.15, 0.2) is 23.3 Å². The summed E-state index contributed by atoms with van der Waals surface area (Å²) < 4.78 is 4.90. The zero-order valence-corrected chi connectivity index (χ0v) is 7.27. The van der Waals surface area contributed by atoms with Gasteiger partial charge >= 0.3 is 0 Å². The smallest absolute Gasteiger partial charge is 0.176 e. The van der Waals surface area contributed by atoms with Gasteiger partial charge in [0.25, 0.3) is 0 Å². The number of nitrogens with zero attached hydrogens (tertiary/aromatic N) is 3. The molecule has 0 unspecified atom stereocenters. The summed E-state index contributed by atoms with van der Waals surface area (Å²) in [6.07, 6.45) is 2.88. The lowest BCUT2D eigenvalue weighted by atomic mass is 10.3. The molecule has 0 aliphatic rings. The molecule has 1 aromatic rings. The Labute approximate surface area is 76.5 Å². The van der Waals surface area contributed by atoms with Crippen LogP contribution in [0, 0.1) is 11.3 Å². The normalized spacial score (nSPS) is 9.85. The van der Waals surface area contributed by atoms with E-state index >= 15 is 0 Å². The Morgan fingerprint density at radius 2 is 2.62 bits per heavy atom. The van der Waals surface area contributed by atoms with E-state index in [0.717, 1.165) is 0 Å². The first kappa shape index (κ1) is 9.20. The predicted molar refractivity (Wildman–Crippen MR) is 48.7 cm³/mol. The molecule has 0 atom stereocenters. The van der Waals surface area contributed by atoms with Crippen molar-refractivity contribution in [1.82, 2.24) is 4.98 Å². The van der Waals surface area contributed by atoms with E-state index in [9.17, 15) is 0 Å². The van der Waals surface area contributed by atoms with Crippen molar-refractivity contribution in [2.45, 2.75) is 6.92 Å². The summed E-state index contributed by atoms with van der Waals surface area (Å²) in [7, 11) is 0. The van der Waals surface area contributed by atoms with Gasteiger partial charge in [0, 0.05) is 6.20 Å². The van der Waals surface area contributed by atoms with Crippen LogP contribution in [-0.2, 0) is 4.74 Å². The molecule has 1 heterocycles. The molecule has 0 spiro atoms. The lowest BCUT2D eigenvalue weighted by molar-refractivity contribution is 0.344. The van der Waals surface area contributed by atoms with E-state index in [-0.39, 0.29) is 0 Å². The minimum atomic E-state index is 0.387. The van der Waals surface area contributed by atoms with E-state index in [4.69, 9.17) is 10.00 Å². The number of pyridine rings is 1. The van der Waals surface area contributed by atoms with Crippen molar-refractivity contribution in [3.8, 4) is 6.07 Å². The third kappa shape index (κ3) is 2.56. The van der Waals surface area contributed by atoms with Crippen molar-refractivity contribution >= 4 is 12.2 Å². The van der Waals surface area contributed by atoms with Crippen LogP contribution in [0.3, 0.4) is 0 Å². The van der Waals surface area contributed by atoms with Gasteiger partial charge in [-0.05, 0) is 19.1 Å². The van der Waals surface area contributed by atoms with E-state index < -0.39 is 0 Å². The van der Waals surface area contributed by atoms with E-state index in [0.29, 0.717) is 18.0 Å². The van der Waals surface area contributed by atoms with Crippen LogP contribution >= 0.6 is 0 Å². The molecule has 0 saturated heterocycles. The molecule has 0 fully saturated rings. The Morgan fingerprint density at radius 1 is 1.77 bits per heavy atom. The quantitative estimate of drug-likeness (QED) is 0.518. The van der Waals surface area contributed by atoms with Crippen LogP contribution in [0.1, 0.15) is 12.5 Å². The SMILES string of the molecule is CCO/C=N/c1ncccc1C#N.